The van der Waals surface area contributed by atoms with E-state index >= 15 is 0 Å². The average molecular weight is 565 g/mol. The summed E-state index contributed by atoms with van der Waals surface area (Å²) in [6.45, 7) is 16.8. The first-order valence-corrected chi connectivity index (χ1v) is 16.7. The lowest BCUT2D eigenvalue weighted by molar-refractivity contribution is 0.0862. The molecule has 0 heterocycles. The van der Waals surface area contributed by atoms with Crippen molar-refractivity contribution in [2.45, 2.75) is 110 Å². The highest BCUT2D eigenvalue weighted by molar-refractivity contribution is 7.54. The molecule has 3 fully saturated rings. The molecule has 0 aromatic carbocycles. The molecule has 0 aliphatic heterocycles. The Morgan fingerprint density at radius 1 is 1.10 bits per heavy atom. The van der Waals surface area contributed by atoms with Gasteiger partial charge < -0.3 is 24.4 Å². The maximum Gasteiger partial charge on any atom is 0.336 e. The Labute approximate surface area is 236 Å². The highest BCUT2D eigenvalue weighted by atomic mass is 31.2. The summed E-state index contributed by atoms with van der Waals surface area (Å²) in [5, 5.41) is 31.5. The number of fused-ring (bicyclic) bond motifs is 1. The molecule has 3 aliphatic rings. The smallest absolute Gasteiger partial charge is 0.336 e. The van der Waals surface area contributed by atoms with Crippen LogP contribution in [0.1, 0.15) is 86.5 Å². The average Bonchev–Trinajstić information content (AvgIpc) is 3.21. The molecule has 3 rings (SSSR count). The highest BCUT2D eigenvalue weighted by Crippen LogP contribution is 2.60. The van der Waals surface area contributed by atoms with E-state index in [1.807, 2.05) is 19.9 Å². The highest BCUT2D eigenvalue weighted by Gasteiger charge is 2.50. The quantitative estimate of drug-likeness (QED) is 0.185. The molecule has 8 atom stereocenters. The van der Waals surface area contributed by atoms with Crippen LogP contribution < -0.4 is 0 Å². The lowest BCUT2D eigenvalue weighted by Gasteiger charge is -2.44. The molecule has 3 N–H and O–H groups in total. The lowest BCUT2D eigenvalue weighted by atomic mass is 9.61. The van der Waals surface area contributed by atoms with E-state index in [0.717, 1.165) is 36.8 Å². The number of aliphatic hydroxyl groups is 3. The maximum atomic E-state index is 13.5. The van der Waals surface area contributed by atoms with E-state index in [9.17, 15) is 19.9 Å². The second-order valence-corrected chi connectivity index (χ2v) is 14.7. The van der Waals surface area contributed by atoms with Crippen LogP contribution in [0.5, 0.6) is 0 Å². The van der Waals surface area contributed by atoms with Gasteiger partial charge in [-0.1, -0.05) is 64.2 Å². The fourth-order valence-corrected chi connectivity index (χ4v) is 10.0. The van der Waals surface area contributed by atoms with Crippen LogP contribution in [-0.2, 0) is 13.6 Å². The minimum absolute atomic E-state index is 0.0695. The molecule has 3 unspecified atom stereocenters. The van der Waals surface area contributed by atoms with Crippen molar-refractivity contribution in [2.24, 2.45) is 29.1 Å². The van der Waals surface area contributed by atoms with Crippen LogP contribution in [0.25, 0.3) is 0 Å². The van der Waals surface area contributed by atoms with E-state index < -0.39 is 31.6 Å². The molecule has 0 radical (unpaired) electrons. The van der Waals surface area contributed by atoms with E-state index in [0.29, 0.717) is 24.7 Å². The van der Waals surface area contributed by atoms with E-state index in [-0.39, 0.29) is 30.5 Å². The van der Waals surface area contributed by atoms with Crippen LogP contribution in [0.4, 0.5) is 0 Å². The SMILES string of the molecule is C=C1/C(=C/C=C2/CCC[C@]3(C)C(C(C)/C=C/[C@H](O)C(C(C)C)P(=O)(OCC)OCC)CC[C@@H]23)C[C@@H](O)C[C@@H]1O. The molecule has 39 heavy (non-hydrogen) atoms. The fourth-order valence-electron chi connectivity index (χ4n) is 7.66. The molecule has 3 aliphatic carbocycles. The molecule has 0 aromatic heterocycles. The van der Waals surface area contributed by atoms with Crippen LogP contribution in [0, 0.1) is 29.1 Å². The van der Waals surface area contributed by atoms with Crippen LogP contribution in [-0.4, -0.2) is 52.5 Å². The number of rotatable bonds is 11. The predicted molar refractivity (Wildman–Crippen MR) is 159 cm³/mol. The van der Waals surface area contributed by atoms with Gasteiger partial charge in [0.2, 0.25) is 0 Å². The van der Waals surface area contributed by atoms with Crippen LogP contribution in [0.15, 0.2) is 47.6 Å². The van der Waals surface area contributed by atoms with Crippen LogP contribution in [0.3, 0.4) is 0 Å². The normalized spacial score (nSPS) is 34.7. The first kappa shape index (κ1) is 32.5. The molecule has 222 valence electrons. The molecule has 0 bridgehead atoms. The molecule has 0 aromatic rings. The molecule has 3 saturated carbocycles. The zero-order valence-electron chi connectivity index (χ0n) is 25.0. The first-order chi connectivity index (χ1) is 18.4. The Balaban J connectivity index is 1.76. The van der Waals surface area contributed by atoms with Gasteiger partial charge in [0, 0.05) is 6.42 Å². The first-order valence-electron chi connectivity index (χ1n) is 15.1. The van der Waals surface area contributed by atoms with Gasteiger partial charge in [0.25, 0.3) is 0 Å². The monoisotopic (exact) mass is 564 g/mol. The maximum absolute atomic E-state index is 13.5. The summed E-state index contributed by atoms with van der Waals surface area (Å²) >= 11 is 0. The Hall–Kier alpha value is -1.01. The molecule has 0 spiro atoms. The Morgan fingerprint density at radius 2 is 1.77 bits per heavy atom. The van der Waals surface area contributed by atoms with Gasteiger partial charge in [-0.15, -0.1) is 0 Å². The summed E-state index contributed by atoms with van der Waals surface area (Å²) < 4.78 is 24.7. The van der Waals surface area contributed by atoms with Crippen molar-refractivity contribution < 1.29 is 28.9 Å². The van der Waals surface area contributed by atoms with Crippen molar-refractivity contribution in [3.05, 3.63) is 47.6 Å². The minimum atomic E-state index is -3.46. The number of hydrogen-bond acceptors (Lipinski definition) is 6. The van der Waals surface area contributed by atoms with Gasteiger partial charge in [-0.2, -0.15) is 0 Å². The van der Waals surface area contributed by atoms with Crippen molar-refractivity contribution in [1.29, 1.82) is 0 Å². The van der Waals surface area contributed by atoms with Crippen LogP contribution >= 0.6 is 7.60 Å². The summed E-state index contributed by atoms with van der Waals surface area (Å²) in [6, 6.07) is 0. The van der Waals surface area contributed by atoms with E-state index in [1.165, 1.54) is 12.0 Å². The van der Waals surface area contributed by atoms with E-state index in [4.69, 9.17) is 9.05 Å². The molecule has 0 saturated heterocycles. The van der Waals surface area contributed by atoms with Gasteiger partial charge in [-0.05, 0) is 92.6 Å². The van der Waals surface area contributed by atoms with Crippen LogP contribution in [0.2, 0.25) is 0 Å². The van der Waals surface area contributed by atoms with E-state index in [1.54, 1.807) is 13.8 Å². The largest absolute Gasteiger partial charge is 0.393 e. The zero-order valence-corrected chi connectivity index (χ0v) is 25.9. The van der Waals surface area contributed by atoms with Gasteiger partial charge in [-0.3, -0.25) is 4.57 Å². The van der Waals surface area contributed by atoms with Gasteiger partial charge in [0.05, 0.1) is 37.2 Å². The molecular weight excluding hydrogens is 511 g/mol. The summed E-state index contributed by atoms with van der Waals surface area (Å²) in [5.41, 5.74) is 2.71. The predicted octanol–water partition coefficient (Wildman–Crippen LogP) is 6.97. The summed E-state index contributed by atoms with van der Waals surface area (Å²) in [4.78, 5) is 0. The third-order valence-electron chi connectivity index (χ3n) is 9.56. The Bertz CT molecular complexity index is 973. The summed E-state index contributed by atoms with van der Waals surface area (Å²) in [7, 11) is -3.46. The second kappa shape index (κ2) is 13.8. The second-order valence-electron chi connectivity index (χ2n) is 12.5. The zero-order chi connectivity index (χ0) is 29.0. The fraction of sp³-hybridized carbons (Fsp3) is 0.750. The third kappa shape index (κ3) is 7.26. The van der Waals surface area contributed by atoms with Gasteiger partial charge in [0.1, 0.15) is 0 Å². The standard InChI is InChI=1S/C32H53O6P/c1-8-37-39(36,38-9-2)31(21(3)4)29(34)17-12-22(5)27-15-16-28-24(11-10-18-32(27,28)7)13-14-25-19-26(33)20-30(35)23(25)6/h12-14,17,21-22,26-31,33-35H,6,8-11,15-16,18-20H2,1-5,7H3/b17-12+,24-13-,25-14+/t22?,26-,27?,28+,29+,30+,31?,32-/m1/s1. The van der Waals surface area contributed by atoms with Crippen molar-refractivity contribution in [3.8, 4) is 0 Å². The number of allylic oxidation sites excluding steroid dienone is 4. The molecule has 7 heteroatoms. The van der Waals surface area contributed by atoms with Crippen molar-refractivity contribution in [3.63, 3.8) is 0 Å². The van der Waals surface area contributed by atoms with Crippen molar-refractivity contribution >= 4 is 7.60 Å². The van der Waals surface area contributed by atoms with Gasteiger partial charge in [-0.25, -0.2) is 0 Å². The molecule has 6 nitrogen and oxygen atoms in total. The minimum Gasteiger partial charge on any atom is -0.393 e. The Kier molecular flexibility index (Phi) is 11.5. The topological polar surface area (TPSA) is 96.2 Å². The van der Waals surface area contributed by atoms with Gasteiger partial charge >= 0.3 is 7.60 Å². The Morgan fingerprint density at radius 3 is 2.38 bits per heavy atom. The van der Waals surface area contributed by atoms with Crippen molar-refractivity contribution in [1.82, 2.24) is 0 Å². The lowest BCUT2D eigenvalue weighted by Crippen LogP contribution is -2.36. The summed E-state index contributed by atoms with van der Waals surface area (Å²) in [5.74, 6) is 1.18. The van der Waals surface area contributed by atoms with Gasteiger partial charge in [0.15, 0.2) is 0 Å². The molecular formula is C32H53O6P. The number of hydrogen-bond donors (Lipinski definition) is 3. The molecule has 0 amide bonds. The van der Waals surface area contributed by atoms with Crippen molar-refractivity contribution in [2.75, 3.05) is 13.2 Å². The summed E-state index contributed by atoms with van der Waals surface area (Å²) in [6.07, 6.45) is 12.8. The third-order valence-corrected chi connectivity index (χ3v) is 12.4. The van der Waals surface area contributed by atoms with E-state index in [2.05, 4.69) is 38.7 Å². The number of aliphatic hydroxyl groups excluding tert-OH is 3.